The molecular formula is C14H17FN2O2. The van der Waals surface area contributed by atoms with Crippen molar-refractivity contribution in [1.29, 1.82) is 0 Å². The summed E-state index contributed by atoms with van der Waals surface area (Å²) in [6.45, 7) is 2.70. The van der Waals surface area contributed by atoms with Crippen molar-refractivity contribution in [1.82, 2.24) is 9.78 Å². The standard InChI is InChI=1S/C14H17FN2O2/c1-3-17-9-11(8-16-17)12(18)7-10-5-4-6-13(19-2)14(10)15/h4-6,8-9,12,18H,3,7H2,1-2H3. The second-order valence-electron chi connectivity index (χ2n) is 4.28. The summed E-state index contributed by atoms with van der Waals surface area (Å²) >= 11 is 0. The number of benzene rings is 1. The van der Waals surface area contributed by atoms with E-state index < -0.39 is 11.9 Å². The third-order valence-electron chi connectivity index (χ3n) is 3.04. The van der Waals surface area contributed by atoms with Crippen LogP contribution in [-0.4, -0.2) is 22.0 Å². The molecule has 5 heteroatoms. The number of rotatable bonds is 5. The van der Waals surface area contributed by atoms with Gasteiger partial charge in [-0.2, -0.15) is 5.10 Å². The molecule has 0 saturated carbocycles. The van der Waals surface area contributed by atoms with Crippen molar-refractivity contribution in [2.24, 2.45) is 0 Å². The zero-order valence-electron chi connectivity index (χ0n) is 11.0. The lowest BCUT2D eigenvalue weighted by molar-refractivity contribution is 0.176. The maximum Gasteiger partial charge on any atom is 0.168 e. The van der Waals surface area contributed by atoms with Crippen LogP contribution in [0.5, 0.6) is 5.75 Å². The number of methoxy groups -OCH3 is 1. The first kappa shape index (κ1) is 13.5. The lowest BCUT2D eigenvalue weighted by atomic mass is 10.0. The van der Waals surface area contributed by atoms with E-state index in [9.17, 15) is 9.50 Å². The average Bonchev–Trinajstić information content (AvgIpc) is 2.90. The van der Waals surface area contributed by atoms with Gasteiger partial charge in [-0.1, -0.05) is 12.1 Å². The van der Waals surface area contributed by atoms with Crippen molar-refractivity contribution in [3.8, 4) is 5.75 Å². The maximum absolute atomic E-state index is 14.0. The van der Waals surface area contributed by atoms with Crippen LogP contribution in [0.3, 0.4) is 0 Å². The zero-order chi connectivity index (χ0) is 13.8. The van der Waals surface area contributed by atoms with Crippen molar-refractivity contribution in [2.45, 2.75) is 26.0 Å². The van der Waals surface area contributed by atoms with Gasteiger partial charge >= 0.3 is 0 Å². The highest BCUT2D eigenvalue weighted by Crippen LogP contribution is 2.24. The first-order valence-corrected chi connectivity index (χ1v) is 6.17. The van der Waals surface area contributed by atoms with Gasteiger partial charge < -0.3 is 9.84 Å². The number of aliphatic hydroxyl groups excluding tert-OH is 1. The van der Waals surface area contributed by atoms with E-state index in [-0.39, 0.29) is 12.2 Å². The largest absolute Gasteiger partial charge is 0.494 e. The zero-order valence-corrected chi connectivity index (χ0v) is 11.0. The Morgan fingerprint density at radius 2 is 2.26 bits per heavy atom. The van der Waals surface area contributed by atoms with E-state index in [4.69, 9.17) is 4.74 Å². The van der Waals surface area contributed by atoms with Crippen molar-refractivity contribution in [3.05, 3.63) is 47.5 Å². The third kappa shape index (κ3) is 2.93. The van der Waals surface area contributed by atoms with E-state index in [1.807, 2.05) is 6.92 Å². The van der Waals surface area contributed by atoms with Gasteiger partial charge in [-0.05, 0) is 18.6 Å². The number of hydrogen-bond donors (Lipinski definition) is 1. The quantitative estimate of drug-likeness (QED) is 0.901. The van der Waals surface area contributed by atoms with Crippen LogP contribution >= 0.6 is 0 Å². The summed E-state index contributed by atoms with van der Waals surface area (Å²) in [5.74, 6) is -0.235. The van der Waals surface area contributed by atoms with Gasteiger partial charge in [-0.3, -0.25) is 4.68 Å². The molecule has 1 unspecified atom stereocenters. The van der Waals surface area contributed by atoms with Gasteiger partial charge in [-0.25, -0.2) is 4.39 Å². The van der Waals surface area contributed by atoms with Crippen LogP contribution in [0.2, 0.25) is 0 Å². The molecule has 0 bridgehead atoms. The predicted molar refractivity (Wildman–Crippen MR) is 69.5 cm³/mol. The SMILES string of the molecule is CCn1cc(C(O)Cc2cccc(OC)c2F)cn1. The summed E-state index contributed by atoms with van der Waals surface area (Å²) in [4.78, 5) is 0. The van der Waals surface area contributed by atoms with E-state index in [0.717, 1.165) is 6.54 Å². The van der Waals surface area contributed by atoms with Gasteiger partial charge in [0.15, 0.2) is 11.6 Å². The topological polar surface area (TPSA) is 47.3 Å². The Labute approximate surface area is 111 Å². The molecule has 1 heterocycles. The summed E-state index contributed by atoms with van der Waals surface area (Å²) in [7, 11) is 1.42. The molecule has 0 spiro atoms. The van der Waals surface area contributed by atoms with Crippen LogP contribution in [0, 0.1) is 5.82 Å². The molecule has 1 aromatic carbocycles. The number of aliphatic hydroxyl groups is 1. The number of hydrogen-bond acceptors (Lipinski definition) is 3. The summed E-state index contributed by atoms with van der Waals surface area (Å²) in [6, 6.07) is 4.91. The molecule has 1 aromatic heterocycles. The van der Waals surface area contributed by atoms with Crippen molar-refractivity contribution < 1.29 is 14.2 Å². The molecular weight excluding hydrogens is 247 g/mol. The molecule has 102 valence electrons. The van der Waals surface area contributed by atoms with E-state index in [2.05, 4.69) is 5.10 Å². The van der Waals surface area contributed by atoms with Gasteiger partial charge in [0.2, 0.25) is 0 Å². The highest BCUT2D eigenvalue weighted by atomic mass is 19.1. The number of aryl methyl sites for hydroxylation is 1. The van der Waals surface area contributed by atoms with Crippen LogP contribution in [0.4, 0.5) is 4.39 Å². The van der Waals surface area contributed by atoms with Gasteiger partial charge in [0, 0.05) is 24.7 Å². The van der Waals surface area contributed by atoms with Crippen LogP contribution in [-0.2, 0) is 13.0 Å². The number of nitrogens with zero attached hydrogens (tertiary/aromatic N) is 2. The lowest BCUT2D eigenvalue weighted by Crippen LogP contribution is -2.04. The highest BCUT2D eigenvalue weighted by molar-refractivity contribution is 5.32. The molecule has 0 fully saturated rings. The minimum atomic E-state index is -0.776. The first-order valence-electron chi connectivity index (χ1n) is 6.17. The second-order valence-corrected chi connectivity index (χ2v) is 4.28. The van der Waals surface area contributed by atoms with Crippen molar-refractivity contribution in [2.75, 3.05) is 7.11 Å². The Morgan fingerprint density at radius 3 is 2.89 bits per heavy atom. The highest BCUT2D eigenvalue weighted by Gasteiger charge is 2.15. The van der Waals surface area contributed by atoms with Crippen LogP contribution < -0.4 is 4.74 Å². The molecule has 0 amide bonds. The van der Waals surface area contributed by atoms with Crippen molar-refractivity contribution >= 4 is 0 Å². The maximum atomic E-state index is 14.0. The fraction of sp³-hybridized carbons (Fsp3) is 0.357. The van der Waals surface area contributed by atoms with Crippen LogP contribution in [0.1, 0.15) is 24.2 Å². The van der Waals surface area contributed by atoms with E-state index in [1.165, 1.54) is 7.11 Å². The molecule has 0 aliphatic carbocycles. The van der Waals surface area contributed by atoms with Gasteiger partial charge in [0.1, 0.15) is 0 Å². The van der Waals surface area contributed by atoms with Crippen LogP contribution in [0.25, 0.3) is 0 Å². The Balaban J connectivity index is 2.16. The molecule has 0 aliphatic heterocycles. The normalized spacial score (nSPS) is 12.4. The number of halogens is 1. The molecule has 2 aromatic rings. The molecule has 0 radical (unpaired) electrons. The molecule has 2 rings (SSSR count). The van der Waals surface area contributed by atoms with Gasteiger partial charge in [0.25, 0.3) is 0 Å². The number of ether oxygens (including phenoxy) is 1. The fourth-order valence-electron chi connectivity index (χ4n) is 1.92. The Hall–Kier alpha value is -1.88. The molecule has 0 aliphatic rings. The van der Waals surface area contributed by atoms with E-state index in [0.29, 0.717) is 11.1 Å². The monoisotopic (exact) mass is 264 g/mol. The smallest absolute Gasteiger partial charge is 0.168 e. The molecule has 0 saturated heterocycles. The predicted octanol–water partition coefficient (Wildman–Crippen LogP) is 2.33. The molecule has 1 atom stereocenters. The van der Waals surface area contributed by atoms with Gasteiger partial charge in [0.05, 0.1) is 19.4 Å². The fourth-order valence-corrected chi connectivity index (χ4v) is 1.92. The Bertz CT molecular complexity index is 554. The Kier molecular flexibility index (Phi) is 4.16. The second kappa shape index (κ2) is 5.84. The molecule has 4 nitrogen and oxygen atoms in total. The minimum Gasteiger partial charge on any atom is -0.494 e. The third-order valence-corrected chi connectivity index (χ3v) is 3.04. The van der Waals surface area contributed by atoms with Crippen LogP contribution in [0.15, 0.2) is 30.6 Å². The van der Waals surface area contributed by atoms with E-state index in [1.54, 1.807) is 35.3 Å². The molecule has 19 heavy (non-hydrogen) atoms. The van der Waals surface area contributed by atoms with Gasteiger partial charge in [-0.15, -0.1) is 0 Å². The summed E-state index contributed by atoms with van der Waals surface area (Å²) < 4.78 is 20.6. The van der Waals surface area contributed by atoms with Crippen molar-refractivity contribution in [3.63, 3.8) is 0 Å². The first-order chi connectivity index (χ1) is 9.15. The lowest BCUT2D eigenvalue weighted by Gasteiger charge is -2.11. The minimum absolute atomic E-state index is 0.189. The summed E-state index contributed by atoms with van der Waals surface area (Å²) in [6.07, 6.45) is 2.79. The summed E-state index contributed by atoms with van der Waals surface area (Å²) in [5.41, 5.74) is 1.11. The number of aromatic nitrogens is 2. The Morgan fingerprint density at radius 1 is 1.47 bits per heavy atom. The molecule has 1 N–H and O–H groups in total. The van der Waals surface area contributed by atoms with E-state index >= 15 is 0 Å². The summed E-state index contributed by atoms with van der Waals surface area (Å²) in [5, 5.41) is 14.2. The average molecular weight is 264 g/mol.